The van der Waals surface area contributed by atoms with Crippen LogP contribution in [0.4, 0.5) is 0 Å². The molecule has 2 rings (SSSR count). The molecule has 0 saturated heterocycles. The minimum Gasteiger partial charge on any atom is -0.350 e. The van der Waals surface area contributed by atoms with Crippen molar-refractivity contribution in [3.05, 3.63) is 48.0 Å². The molecule has 150 valence electrons. The van der Waals surface area contributed by atoms with Gasteiger partial charge in [-0.2, -0.15) is 0 Å². The van der Waals surface area contributed by atoms with E-state index in [0.717, 1.165) is 16.3 Å². The van der Waals surface area contributed by atoms with E-state index in [4.69, 9.17) is 0 Å². The maximum Gasteiger partial charge on any atom is 0.242 e. The van der Waals surface area contributed by atoms with Crippen LogP contribution in [0.2, 0.25) is 0 Å². The highest BCUT2D eigenvalue weighted by Crippen LogP contribution is 2.18. The van der Waals surface area contributed by atoms with E-state index in [2.05, 4.69) is 10.6 Å². The Morgan fingerprint density at radius 3 is 2.32 bits per heavy atom. The van der Waals surface area contributed by atoms with Crippen LogP contribution in [0, 0.1) is 0 Å². The average Bonchev–Trinajstić information content (AvgIpc) is 2.63. The number of hydrogen-bond acceptors (Lipinski definition) is 3. The average molecular weight is 383 g/mol. The minimum atomic E-state index is -0.355. The zero-order valence-corrected chi connectivity index (χ0v) is 17.0. The number of nitrogens with one attached hydrogen (secondary N) is 2. The van der Waals surface area contributed by atoms with E-state index in [1.807, 2.05) is 63.2 Å². The first-order valence-electron chi connectivity index (χ1n) is 9.51. The Kier molecular flexibility index (Phi) is 7.15. The van der Waals surface area contributed by atoms with E-state index in [1.165, 1.54) is 4.90 Å². The van der Waals surface area contributed by atoms with Gasteiger partial charge in [0.2, 0.25) is 17.7 Å². The largest absolute Gasteiger partial charge is 0.350 e. The van der Waals surface area contributed by atoms with Gasteiger partial charge in [0.05, 0.1) is 19.5 Å². The molecule has 0 spiro atoms. The van der Waals surface area contributed by atoms with Crippen molar-refractivity contribution in [2.45, 2.75) is 39.7 Å². The van der Waals surface area contributed by atoms with Crippen molar-refractivity contribution in [1.29, 1.82) is 0 Å². The molecule has 0 bridgehead atoms. The van der Waals surface area contributed by atoms with Crippen LogP contribution in [-0.4, -0.2) is 47.8 Å². The lowest BCUT2D eigenvalue weighted by atomic mass is 10.0. The molecule has 0 fully saturated rings. The summed E-state index contributed by atoms with van der Waals surface area (Å²) >= 11 is 0. The third kappa shape index (κ3) is 6.37. The maximum atomic E-state index is 12.4. The van der Waals surface area contributed by atoms with Gasteiger partial charge in [0.1, 0.15) is 0 Å². The molecular formula is C22H29N3O3. The van der Waals surface area contributed by atoms with Crippen LogP contribution in [0.1, 0.15) is 33.3 Å². The van der Waals surface area contributed by atoms with Gasteiger partial charge in [0, 0.05) is 12.1 Å². The van der Waals surface area contributed by atoms with E-state index in [1.54, 1.807) is 6.92 Å². The summed E-state index contributed by atoms with van der Waals surface area (Å²) in [5.41, 5.74) is 0.562. The van der Waals surface area contributed by atoms with Gasteiger partial charge in [-0.1, -0.05) is 42.5 Å². The molecule has 6 nitrogen and oxygen atoms in total. The Hall–Kier alpha value is -2.89. The van der Waals surface area contributed by atoms with Gasteiger partial charge < -0.3 is 15.5 Å². The molecule has 2 aromatic rings. The molecule has 28 heavy (non-hydrogen) atoms. The van der Waals surface area contributed by atoms with Crippen molar-refractivity contribution in [3.63, 3.8) is 0 Å². The third-order valence-electron chi connectivity index (χ3n) is 4.25. The number of nitrogens with zero attached hydrogens (tertiary/aromatic N) is 1. The van der Waals surface area contributed by atoms with Gasteiger partial charge in [-0.05, 0) is 44.0 Å². The van der Waals surface area contributed by atoms with Crippen LogP contribution in [-0.2, 0) is 20.8 Å². The van der Waals surface area contributed by atoms with E-state index >= 15 is 0 Å². The zero-order chi connectivity index (χ0) is 20.7. The summed E-state index contributed by atoms with van der Waals surface area (Å²) in [5, 5.41) is 7.61. The van der Waals surface area contributed by atoms with Crippen molar-refractivity contribution < 1.29 is 14.4 Å². The van der Waals surface area contributed by atoms with Gasteiger partial charge in [-0.3, -0.25) is 14.4 Å². The summed E-state index contributed by atoms with van der Waals surface area (Å²) in [6, 6.07) is 13.7. The number of amides is 3. The summed E-state index contributed by atoms with van der Waals surface area (Å²) < 4.78 is 0. The van der Waals surface area contributed by atoms with Crippen LogP contribution in [0.3, 0.4) is 0 Å². The molecule has 2 N–H and O–H groups in total. The molecule has 0 atom stereocenters. The lowest BCUT2D eigenvalue weighted by molar-refractivity contribution is -0.136. The van der Waals surface area contributed by atoms with E-state index in [9.17, 15) is 14.4 Å². The SMILES string of the molecule is CCN(CC(=O)NC(C)(C)C)C(=O)CNC(=O)Cc1cccc2ccccc12. The standard InChI is InChI=1S/C22H29N3O3/c1-5-25(15-20(27)24-22(2,3)4)21(28)14-23-19(26)13-17-11-8-10-16-9-6-7-12-18(16)17/h6-12H,5,13-15H2,1-4H3,(H,23,26)(H,24,27). The molecule has 3 amide bonds. The van der Waals surface area contributed by atoms with Crippen LogP contribution in [0.15, 0.2) is 42.5 Å². The number of carbonyl (C=O) groups is 3. The molecule has 0 aliphatic rings. The lowest BCUT2D eigenvalue weighted by Crippen LogP contribution is -2.49. The lowest BCUT2D eigenvalue weighted by Gasteiger charge is -2.25. The molecule has 6 heteroatoms. The van der Waals surface area contributed by atoms with Crippen LogP contribution < -0.4 is 10.6 Å². The number of carbonyl (C=O) groups excluding carboxylic acids is 3. The highest BCUT2D eigenvalue weighted by molar-refractivity contribution is 5.92. The molecule has 2 aromatic carbocycles. The number of rotatable bonds is 7. The predicted octanol–water partition coefficient (Wildman–Crippen LogP) is 2.26. The maximum absolute atomic E-state index is 12.4. The highest BCUT2D eigenvalue weighted by atomic mass is 16.2. The van der Waals surface area contributed by atoms with Gasteiger partial charge in [0.15, 0.2) is 0 Å². The third-order valence-corrected chi connectivity index (χ3v) is 4.25. The number of likely N-dealkylation sites (N-methyl/N-ethyl adjacent to an activating group) is 1. The predicted molar refractivity (Wildman–Crippen MR) is 111 cm³/mol. The minimum absolute atomic E-state index is 0.0220. The van der Waals surface area contributed by atoms with Gasteiger partial charge >= 0.3 is 0 Å². The van der Waals surface area contributed by atoms with Crippen molar-refractivity contribution in [2.75, 3.05) is 19.6 Å². The van der Waals surface area contributed by atoms with Crippen molar-refractivity contribution >= 4 is 28.5 Å². The van der Waals surface area contributed by atoms with Gasteiger partial charge in [-0.15, -0.1) is 0 Å². The monoisotopic (exact) mass is 383 g/mol. The topological polar surface area (TPSA) is 78.5 Å². The summed E-state index contributed by atoms with van der Waals surface area (Å²) in [6.45, 7) is 7.71. The molecule has 0 unspecified atom stereocenters. The molecule has 0 aromatic heterocycles. The fourth-order valence-corrected chi connectivity index (χ4v) is 2.98. The second-order valence-electron chi connectivity index (χ2n) is 7.80. The van der Waals surface area contributed by atoms with Gasteiger partial charge in [-0.25, -0.2) is 0 Å². The Morgan fingerprint density at radius 1 is 0.964 bits per heavy atom. The normalized spacial score (nSPS) is 11.1. The number of hydrogen-bond donors (Lipinski definition) is 2. The quantitative estimate of drug-likeness (QED) is 0.770. The van der Waals surface area contributed by atoms with E-state index < -0.39 is 0 Å². The summed E-state index contributed by atoms with van der Waals surface area (Å²) in [7, 11) is 0. The molecular weight excluding hydrogens is 354 g/mol. The van der Waals surface area contributed by atoms with Crippen molar-refractivity contribution in [2.24, 2.45) is 0 Å². The Balaban J connectivity index is 1.90. The Labute approximate surface area is 166 Å². The first-order chi connectivity index (χ1) is 13.2. The molecule has 0 radical (unpaired) electrons. The number of benzene rings is 2. The first-order valence-corrected chi connectivity index (χ1v) is 9.51. The van der Waals surface area contributed by atoms with Crippen molar-refractivity contribution in [3.8, 4) is 0 Å². The molecule has 0 heterocycles. The van der Waals surface area contributed by atoms with Gasteiger partial charge in [0.25, 0.3) is 0 Å². The summed E-state index contributed by atoms with van der Waals surface area (Å²) in [5.74, 6) is -0.720. The summed E-state index contributed by atoms with van der Waals surface area (Å²) in [4.78, 5) is 38.2. The van der Waals surface area contributed by atoms with Crippen LogP contribution in [0.25, 0.3) is 10.8 Å². The fraction of sp³-hybridized carbons (Fsp3) is 0.409. The smallest absolute Gasteiger partial charge is 0.242 e. The Morgan fingerprint density at radius 2 is 1.64 bits per heavy atom. The van der Waals surface area contributed by atoms with E-state index in [-0.39, 0.29) is 42.8 Å². The van der Waals surface area contributed by atoms with Crippen molar-refractivity contribution in [1.82, 2.24) is 15.5 Å². The molecule has 0 saturated carbocycles. The molecule has 0 aliphatic carbocycles. The highest BCUT2D eigenvalue weighted by Gasteiger charge is 2.19. The summed E-state index contributed by atoms with van der Waals surface area (Å²) in [6.07, 6.45) is 0.200. The Bertz CT molecular complexity index is 850. The number of fused-ring (bicyclic) bond motifs is 1. The zero-order valence-electron chi connectivity index (χ0n) is 17.0. The van der Waals surface area contributed by atoms with Crippen LogP contribution in [0.5, 0.6) is 0 Å². The second kappa shape index (κ2) is 9.35. The second-order valence-corrected chi connectivity index (χ2v) is 7.80. The van der Waals surface area contributed by atoms with Crippen LogP contribution >= 0.6 is 0 Å². The fourth-order valence-electron chi connectivity index (χ4n) is 2.98. The first kappa shape index (κ1) is 21.4. The molecule has 0 aliphatic heterocycles. The van der Waals surface area contributed by atoms with E-state index in [0.29, 0.717) is 6.54 Å².